The highest BCUT2D eigenvalue weighted by Gasteiger charge is 1.98. The third-order valence-corrected chi connectivity index (χ3v) is 1.38. The van der Waals surface area contributed by atoms with Crippen LogP contribution >= 0.6 is 15.9 Å². The topological polar surface area (TPSA) is 12.0 Å². The first-order chi connectivity index (χ1) is 3.79. The molecule has 0 aliphatic carbocycles. The van der Waals surface area contributed by atoms with E-state index >= 15 is 0 Å². The molecule has 0 atom stereocenters. The first-order valence-electron chi connectivity index (χ1n) is 2.25. The van der Waals surface area contributed by atoms with Crippen molar-refractivity contribution in [3.8, 4) is 0 Å². The molecule has 1 nitrogen and oxygen atoms in total. The molecule has 1 N–H and O–H groups in total. The minimum Gasteiger partial charge on any atom is -0.373 e. The van der Waals surface area contributed by atoms with Gasteiger partial charge in [0.2, 0.25) is 0 Å². The normalized spacial score (nSPS) is 18.8. The van der Waals surface area contributed by atoms with Gasteiger partial charge < -0.3 is 5.32 Å². The Morgan fingerprint density at radius 2 is 2.38 bits per heavy atom. The Morgan fingerprint density at radius 3 is 2.75 bits per heavy atom. The third-order valence-electron chi connectivity index (χ3n) is 0.837. The molecule has 1 heterocycles. The molecule has 0 amide bonds. The van der Waals surface area contributed by atoms with Crippen molar-refractivity contribution >= 4 is 15.9 Å². The van der Waals surface area contributed by atoms with E-state index in [-0.39, 0.29) is 5.83 Å². The van der Waals surface area contributed by atoms with Crippen LogP contribution < -0.4 is 5.32 Å². The molecule has 0 aromatic rings. The van der Waals surface area contributed by atoms with Crippen LogP contribution in [0.3, 0.4) is 0 Å². The highest BCUT2D eigenvalue weighted by Crippen LogP contribution is 2.08. The zero-order valence-electron chi connectivity index (χ0n) is 4.12. The van der Waals surface area contributed by atoms with Gasteiger partial charge in [-0.3, -0.25) is 0 Å². The van der Waals surface area contributed by atoms with E-state index in [9.17, 15) is 4.39 Å². The van der Waals surface area contributed by atoms with Gasteiger partial charge in [0.1, 0.15) is 5.83 Å². The molecule has 8 heavy (non-hydrogen) atoms. The Balaban J connectivity index is 2.65. The van der Waals surface area contributed by atoms with Crippen molar-refractivity contribution in [3.63, 3.8) is 0 Å². The van der Waals surface area contributed by atoms with E-state index in [1.54, 1.807) is 6.08 Å². The van der Waals surface area contributed by atoms with Crippen LogP contribution in [0, 0.1) is 0 Å². The number of dihydropyridines is 1. The molecule has 0 saturated carbocycles. The lowest BCUT2D eigenvalue weighted by Gasteiger charge is -2.05. The molecule has 0 bridgehead atoms. The average molecular weight is 178 g/mol. The zero-order valence-corrected chi connectivity index (χ0v) is 5.70. The van der Waals surface area contributed by atoms with Crippen LogP contribution in [-0.2, 0) is 0 Å². The van der Waals surface area contributed by atoms with Gasteiger partial charge in [-0.05, 0) is 28.1 Å². The van der Waals surface area contributed by atoms with Crippen molar-refractivity contribution in [1.82, 2.24) is 5.32 Å². The van der Waals surface area contributed by atoms with Crippen LogP contribution in [-0.4, -0.2) is 6.54 Å². The van der Waals surface area contributed by atoms with Gasteiger partial charge in [0.05, 0.1) is 11.2 Å². The lowest BCUT2D eigenvalue weighted by Crippen LogP contribution is -2.13. The fourth-order valence-corrected chi connectivity index (χ4v) is 0.723. The van der Waals surface area contributed by atoms with Crippen molar-refractivity contribution in [3.05, 3.63) is 22.6 Å². The third kappa shape index (κ3) is 1.33. The summed E-state index contributed by atoms with van der Waals surface area (Å²) in [5, 5.41) is 2.77. The second-order valence-electron chi connectivity index (χ2n) is 1.48. The van der Waals surface area contributed by atoms with Gasteiger partial charge in [-0.25, -0.2) is 4.39 Å². The maximum absolute atomic E-state index is 12.1. The molecule has 1 aliphatic rings. The molecule has 3 heteroatoms. The van der Waals surface area contributed by atoms with Gasteiger partial charge >= 0.3 is 0 Å². The van der Waals surface area contributed by atoms with Crippen LogP contribution in [0.1, 0.15) is 0 Å². The predicted molar refractivity (Wildman–Crippen MR) is 34.2 cm³/mol. The van der Waals surface area contributed by atoms with E-state index in [0.29, 0.717) is 6.54 Å². The summed E-state index contributed by atoms with van der Waals surface area (Å²) in [4.78, 5) is 0. The lowest BCUT2D eigenvalue weighted by atomic mass is 10.4. The van der Waals surface area contributed by atoms with Crippen molar-refractivity contribution < 1.29 is 4.39 Å². The first-order valence-corrected chi connectivity index (χ1v) is 3.04. The van der Waals surface area contributed by atoms with Gasteiger partial charge in [-0.2, -0.15) is 0 Å². The maximum atomic E-state index is 12.1. The standard InChI is InChI=1S/C5H5BrFN/c6-5-2-1-4(7)3-8-5/h1-2,8H,3H2. The molecule has 0 unspecified atom stereocenters. The van der Waals surface area contributed by atoms with Crippen LogP contribution in [0.15, 0.2) is 22.6 Å². The molecular weight excluding hydrogens is 173 g/mol. The largest absolute Gasteiger partial charge is 0.373 e. The number of hydrogen-bond acceptors (Lipinski definition) is 1. The Kier molecular flexibility index (Phi) is 1.68. The van der Waals surface area contributed by atoms with E-state index in [1.165, 1.54) is 6.08 Å². The Bertz CT molecular complexity index is 133. The molecule has 0 fully saturated rings. The Hall–Kier alpha value is -0.310. The minimum atomic E-state index is -0.131. The Morgan fingerprint density at radius 1 is 1.62 bits per heavy atom. The van der Waals surface area contributed by atoms with E-state index < -0.39 is 0 Å². The van der Waals surface area contributed by atoms with Gasteiger partial charge in [0.25, 0.3) is 0 Å². The maximum Gasteiger partial charge on any atom is 0.119 e. The monoisotopic (exact) mass is 177 g/mol. The summed E-state index contributed by atoms with van der Waals surface area (Å²) >= 11 is 3.15. The molecule has 1 aliphatic heterocycles. The van der Waals surface area contributed by atoms with Crippen molar-refractivity contribution in [2.75, 3.05) is 6.54 Å². The molecule has 0 aromatic carbocycles. The summed E-state index contributed by atoms with van der Waals surface area (Å²) in [6, 6.07) is 0. The first kappa shape index (κ1) is 5.82. The number of rotatable bonds is 0. The van der Waals surface area contributed by atoms with Crippen molar-refractivity contribution in [2.45, 2.75) is 0 Å². The van der Waals surface area contributed by atoms with E-state index in [1.807, 2.05) is 0 Å². The number of hydrogen-bond donors (Lipinski definition) is 1. The van der Waals surface area contributed by atoms with Crippen molar-refractivity contribution in [2.24, 2.45) is 0 Å². The molecular formula is C5H5BrFN. The summed E-state index contributed by atoms with van der Waals surface area (Å²) in [6.45, 7) is 0.303. The van der Waals surface area contributed by atoms with E-state index in [2.05, 4.69) is 21.2 Å². The average Bonchev–Trinajstić information content (AvgIpc) is 1.77. The summed E-state index contributed by atoms with van der Waals surface area (Å²) in [5.74, 6) is -0.131. The van der Waals surface area contributed by atoms with Gasteiger partial charge in [0, 0.05) is 0 Å². The van der Waals surface area contributed by atoms with Crippen molar-refractivity contribution in [1.29, 1.82) is 0 Å². The fraction of sp³-hybridized carbons (Fsp3) is 0.200. The SMILES string of the molecule is FC1=CC=C(Br)NC1. The smallest absolute Gasteiger partial charge is 0.119 e. The van der Waals surface area contributed by atoms with Gasteiger partial charge in [0.15, 0.2) is 0 Å². The van der Waals surface area contributed by atoms with Crippen LogP contribution in [0.25, 0.3) is 0 Å². The highest BCUT2D eigenvalue weighted by molar-refractivity contribution is 9.11. The molecule has 44 valence electrons. The number of allylic oxidation sites excluding steroid dienone is 2. The lowest BCUT2D eigenvalue weighted by molar-refractivity contribution is 0.593. The second-order valence-corrected chi connectivity index (χ2v) is 2.34. The van der Waals surface area contributed by atoms with Gasteiger partial charge in [-0.1, -0.05) is 0 Å². The highest BCUT2D eigenvalue weighted by atomic mass is 79.9. The number of nitrogens with one attached hydrogen (secondary N) is 1. The molecule has 0 spiro atoms. The predicted octanol–water partition coefficient (Wildman–Crippen LogP) is 1.68. The summed E-state index contributed by atoms with van der Waals surface area (Å²) in [5.41, 5.74) is 0. The minimum absolute atomic E-state index is 0.131. The van der Waals surface area contributed by atoms with Crippen LogP contribution in [0.5, 0.6) is 0 Å². The van der Waals surface area contributed by atoms with Gasteiger partial charge in [-0.15, -0.1) is 0 Å². The number of halogens is 2. The molecule has 0 radical (unpaired) electrons. The quantitative estimate of drug-likeness (QED) is 0.556. The summed E-state index contributed by atoms with van der Waals surface area (Å²) in [6.07, 6.45) is 3.07. The van der Waals surface area contributed by atoms with E-state index in [0.717, 1.165) is 4.61 Å². The fourth-order valence-electron chi connectivity index (χ4n) is 0.450. The molecule has 0 aromatic heterocycles. The Labute approximate surface area is 55.4 Å². The summed E-state index contributed by atoms with van der Waals surface area (Å²) < 4.78 is 12.9. The zero-order chi connectivity index (χ0) is 5.98. The molecule has 0 saturated heterocycles. The second kappa shape index (κ2) is 2.31. The van der Waals surface area contributed by atoms with Crippen LogP contribution in [0.2, 0.25) is 0 Å². The molecule has 1 rings (SSSR count). The van der Waals surface area contributed by atoms with Crippen LogP contribution in [0.4, 0.5) is 4.39 Å². The van der Waals surface area contributed by atoms with E-state index in [4.69, 9.17) is 0 Å². The summed E-state index contributed by atoms with van der Waals surface area (Å²) in [7, 11) is 0.